The highest BCUT2D eigenvalue weighted by molar-refractivity contribution is 5.92. The number of alkyl halides is 3. The van der Waals surface area contributed by atoms with E-state index in [1.807, 2.05) is 4.90 Å². The molecule has 0 aromatic carbocycles. The zero-order valence-corrected chi connectivity index (χ0v) is 12.3. The van der Waals surface area contributed by atoms with Gasteiger partial charge in [-0.05, 0) is 18.8 Å². The third-order valence-electron chi connectivity index (χ3n) is 3.86. The second kappa shape index (κ2) is 6.57. The van der Waals surface area contributed by atoms with Crippen molar-refractivity contribution in [1.82, 2.24) is 15.2 Å². The monoisotopic (exact) mass is 335 g/mol. The molecule has 1 amide bonds. The van der Waals surface area contributed by atoms with Crippen molar-refractivity contribution in [2.24, 2.45) is 11.8 Å². The van der Waals surface area contributed by atoms with Gasteiger partial charge in [0.1, 0.15) is 0 Å². The number of oxazole rings is 1. The van der Waals surface area contributed by atoms with Gasteiger partial charge in [0.05, 0.1) is 5.69 Å². The zero-order valence-electron chi connectivity index (χ0n) is 12.3. The number of carboxylic acids is 1. The van der Waals surface area contributed by atoms with Gasteiger partial charge in [0.2, 0.25) is 5.76 Å². The number of carbonyl (C=O) groups excluding carboxylic acids is 1. The zero-order chi connectivity index (χ0) is 17.2. The van der Waals surface area contributed by atoms with E-state index in [1.165, 1.54) is 6.39 Å². The second-order valence-corrected chi connectivity index (χ2v) is 5.46. The number of aryl methyl sites for hydroxylation is 1. The van der Waals surface area contributed by atoms with Crippen molar-refractivity contribution in [3.63, 3.8) is 0 Å². The summed E-state index contributed by atoms with van der Waals surface area (Å²) < 4.78 is 36.9. The predicted octanol–water partition coefficient (Wildman–Crippen LogP) is 0.908. The third-order valence-corrected chi connectivity index (χ3v) is 3.86. The molecule has 2 aliphatic heterocycles. The van der Waals surface area contributed by atoms with Crippen molar-refractivity contribution in [2.45, 2.75) is 13.1 Å². The molecule has 3 rings (SSSR count). The van der Waals surface area contributed by atoms with Crippen molar-refractivity contribution in [1.29, 1.82) is 0 Å². The van der Waals surface area contributed by atoms with Crippen LogP contribution in [0.5, 0.6) is 0 Å². The summed E-state index contributed by atoms with van der Waals surface area (Å²) in [6.07, 6.45) is -3.75. The molecule has 1 aromatic rings. The standard InChI is InChI=1S/C11H15N3O2.C2HF3O2/c1-7-10(16-6-13-7)11(15)14-4-8-2-12-3-9(8)5-14;3-2(4,5)1(6)7/h6,8-9,12H,2-5H2,1H3;(H,6,7). The highest BCUT2D eigenvalue weighted by Crippen LogP contribution is 2.27. The van der Waals surface area contributed by atoms with E-state index in [0.29, 0.717) is 23.3 Å². The number of hydrogen-bond acceptors (Lipinski definition) is 5. The summed E-state index contributed by atoms with van der Waals surface area (Å²) in [5.74, 6) is -1.14. The molecular formula is C13H16F3N3O4. The number of rotatable bonds is 1. The number of carboxylic acid groups (broad SMARTS) is 1. The maximum Gasteiger partial charge on any atom is 0.490 e. The summed E-state index contributed by atoms with van der Waals surface area (Å²) in [5.41, 5.74) is 0.681. The Hall–Kier alpha value is -2.10. The minimum absolute atomic E-state index is 0.00981. The molecule has 2 aliphatic rings. The number of nitrogens with one attached hydrogen (secondary N) is 1. The van der Waals surface area contributed by atoms with Crippen LogP contribution in [0.1, 0.15) is 16.2 Å². The van der Waals surface area contributed by atoms with Gasteiger partial charge in [-0.3, -0.25) is 4.79 Å². The van der Waals surface area contributed by atoms with Crippen LogP contribution in [0.15, 0.2) is 10.8 Å². The van der Waals surface area contributed by atoms with E-state index in [4.69, 9.17) is 14.3 Å². The number of nitrogens with zero attached hydrogens (tertiary/aromatic N) is 2. The fourth-order valence-corrected chi connectivity index (χ4v) is 2.67. The molecule has 0 spiro atoms. The number of carbonyl (C=O) groups is 2. The fraction of sp³-hybridized carbons (Fsp3) is 0.615. The van der Waals surface area contributed by atoms with Crippen LogP contribution in [0, 0.1) is 18.8 Å². The lowest BCUT2D eigenvalue weighted by Crippen LogP contribution is -2.32. The Labute approximate surface area is 129 Å². The fourth-order valence-electron chi connectivity index (χ4n) is 2.67. The van der Waals surface area contributed by atoms with Crippen molar-refractivity contribution in [3.05, 3.63) is 17.8 Å². The molecule has 2 saturated heterocycles. The van der Waals surface area contributed by atoms with E-state index < -0.39 is 12.1 Å². The first-order valence-corrected chi connectivity index (χ1v) is 6.90. The number of aliphatic carboxylic acids is 1. The van der Waals surface area contributed by atoms with Gasteiger partial charge in [-0.2, -0.15) is 13.2 Å². The van der Waals surface area contributed by atoms with Crippen LogP contribution in [0.4, 0.5) is 13.2 Å². The van der Waals surface area contributed by atoms with Gasteiger partial charge in [0.15, 0.2) is 6.39 Å². The van der Waals surface area contributed by atoms with Gasteiger partial charge in [-0.1, -0.05) is 0 Å². The summed E-state index contributed by atoms with van der Waals surface area (Å²) in [6.45, 7) is 5.55. The largest absolute Gasteiger partial charge is 0.490 e. The Morgan fingerprint density at radius 1 is 1.35 bits per heavy atom. The molecule has 128 valence electrons. The normalized spacial score (nSPS) is 23.2. The van der Waals surface area contributed by atoms with Crippen LogP contribution in [-0.2, 0) is 4.79 Å². The lowest BCUT2D eigenvalue weighted by molar-refractivity contribution is -0.192. The molecule has 2 fully saturated rings. The smallest absolute Gasteiger partial charge is 0.475 e. The number of halogens is 3. The molecule has 7 nitrogen and oxygen atoms in total. The minimum Gasteiger partial charge on any atom is -0.475 e. The van der Waals surface area contributed by atoms with Gasteiger partial charge < -0.3 is 19.7 Å². The average Bonchev–Trinajstić information content (AvgIpc) is 3.11. The molecule has 2 N–H and O–H groups in total. The number of hydrogen-bond donors (Lipinski definition) is 2. The van der Waals surface area contributed by atoms with Gasteiger partial charge in [0.25, 0.3) is 5.91 Å². The van der Waals surface area contributed by atoms with Crippen LogP contribution in [0.2, 0.25) is 0 Å². The molecule has 23 heavy (non-hydrogen) atoms. The molecule has 3 heterocycles. The number of likely N-dealkylation sites (tertiary alicyclic amines) is 1. The SMILES string of the molecule is Cc1ncoc1C(=O)N1CC2CNCC2C1.O=C(O)C(F)(F)F. The highest BCUT2D eigenvalue weighted by atomic mass is 19.4. The van der Waals surface area contributed by atoms with E-state index in [1.54, 1.807) is 6.92 Å². The van der Waals surface area contributed by atoms with E-state index >= 15 is 0 Å². The molecule has 1 aromatic heterocycles. The molecule has 0 radical (unpaired) electrons. The van der Waals surface area contributed by atoms with Crippen LogP contribution < -0.4 is 5.32 Å². The van der Waals surface area contributed by atoms with Crippen molar-refractivity contribution < 1.29 is 32.3 Å². The Morgan fingerprint density at radius 2 is 1.87 bits per heavy atom. The predicted molar refractivity (Wildman–Crippen MR) is 70.7 cm³/mol. The lowest BCUT2D eigenvalue weighted by atomic mass is 10.0. The molecule has 2 unspecified atom stereocenters. The van der Waals surface area contributed by atoms with Crippen molar-refractivity contribution >= 4 is 11.9 Å². The summed E-state index contributed by atoms with van der Waals surface area (Å²) in [4.78, 5) is 26.9. The summed E-state index contributed by atoms with van der Waals surface area (Å²) in [6, 6.07) is 0. The molecule has 10 heteroatoms. The Kier molecular flexibility index (Phi) is 4.93. The van der Waals surface area contributed by atoms with Gasteiger partial charge in [-0.25, -0.2) is 9.78 Å². The maximum absolute atomic E-state index is 12.1. The summed E-state index contributed by atoms with van der Waals surface area (Å²) in [7, 11) is 0. The quantitative estimate of drug-likeness (QED) is 0.792. The topological polar surface area (TPSA) is 95.7 Å². The van der Waals surface area contributed by atoms with Crippen LogP contribution in [0.3, 0.4) is 0 Å². The van der Waals surface area contributed by atoms with Crippen molar-refractivity contribution in [2.75, 3.05) is 26.2 Å². The van der Waals surface area contributed by atoms with Gasteiger partial charge in [-0.15, -0.1) is 0 Å². The Balaban J connectivity index is 0.000000236. The number of aromatic nitrogens is 1. The Bertz CT molecular complexity index is 575. The molecule has 2 atom stereocenters. The van der Waals surface area contributed by atoms with E-state index in [2.05, 4.69) is 10.3 Å². The summed E-state index contributed by atoms with van der Waals surface area (Å²) in [5, 5.41) is 10.5. The first-order chi connectivity index (χ1) is 10.7. The first-order valence-electron chi connectivity index (χ1n) is 6.90. The lowest BCUT2D eigenvalue weighted by Gasteiger charge is -2.15. The van der Waals surface area contributed by atoms with E-state index in [9.17, 15) is 18.0 Å². The number of amides is 1. The molecule has 0 saturated carbocycles. The molecular weight excluding hydrogens is 319 g/mol. The first kappa shape index (κ1) is 17.3. The van der Waals surface area contributed by atoms with Crippen LogP contribution in [0.25, 0.3) is 0 Å². The van der Waals surface area contributed by atoms with Gasteiger partial charge in [0, 0.05) is 26.2 Å². The van der Waals surface area contributed by atoms with Crippen LogP contribution >= 0.6 is 0 Å². The van der Waals surface area contributed by atoms with E-state index in [-0.39, 0.29) is 5.91 Å². The van der Waals surface area contributed by atoms with Crippen molar-refractivity contribution in [3.8, 4) is 0 Å². The number of fused-ring (bicyclic) bond motifs is 1. The third kappa shape index (κ3) is 4.01. The van der Waals surface area contributed by atoms with Crippen LogP contribution in [-0.4, -0.2) is 59.2 Å². The minimum atomic E-state index is -5.08. The Morgan fingerprint density at radius 3 is 2.26 bits per heavy atom. The maximum atomic E-state index is 12.1. The van der Waals surface area contributed by atoms with Gasteiger partial charge >= 0.3 is 12.1 Å². The van der Waals surface area contributed by atoms with E-state index in [0.717, 1.165) is 26.2 Å². The molecule has 0 bridgehead atoms. The summed E-state index contributed by atoms with van der Waals surface area (Å²) >= 11 is 0. The molecule has 0 aliphatic carbocycles. The highest BCUT2D eigenvalue weighted by Gasteiger charge is 2.39. The second-order valence-electron chi connectivity index (χ2n) is 5.46. The average molecular weight is 335 g/mol.